The first kappa shape index (κ1) is 21.2. The smallest absolute Gasteiger partial charge is 0.295 e. The summed E-state index contributed by atoms with van der Waals surface area (Å²) in [5.41, 5.74) is 0.666. The van der Waals surface area contributed by atoms with Crippen LogP contribution in [0.25, 0.3) is 5.76 Å². The normalized spacial score (nSPS) is 18.0. The van der Waals surface area contributed by atoms with Crippen molar-refractivity contribution in [2.75, 3.05) is 6.54 Å². The number of non-ortho nitro benzene ring substituents is 1. The average molecular weight is 408 g/mol. The minimum atomic E-state index is -0.869. The van der Waals surface area contributed by atoms with Gasteiger partial charge in [-0.3, -0.25) is 19.7 Å². The van der Waals surface area contributed by atoms with Crippen molar-refractivity contribution >= 4 is 23.1 Å². The number of carbonyl (C=O) groups excluding carboxylic acids is 2. The summed E-state index contributed by atoms with van der Waals surface area (Å²) in [5.74, 6) is -1.75. The fourth-order valence-corrected chi connectivity index (χ4v) is 3.73. The molecule has 1 saturated heterocycles. The Balaban J connectivity index is 2.10. The van der Waals surface area contributed by atoms with E-state index in [1.165, 1.54) is 23.1 Å². The number of benzene rings is 2. The monoisotopic (exact) mass is 408 g/mol. The fourth-order valence-electron chi connectivity index (χ4n) is 3.73. The first-order valence-electron chi connectivity index (χ1n) is 10.0. The van der Waals surface area contributed by atoms with Crippen molar-refractivity contribution in [1.29, 1.82) is 0 Å². The fraction of sp³-hybridized carbons (Fsp3) is 0.304. The maximum atomic E-state index is 12.9. The zero-order valence-corrected chi connectivity index (χ0v) is 16.8. The van der Waals surface area contributed by atoms with Crippen molar-refractivity contribution in [3.8, 4) is 0 Å². The molecule has 3 rings (SSSR count). The predicted octanol–water partition coefficient (Wildman–Crippen LogP) is 4.60. The molecule has 156 valence electrons. The summed E-state index contributed by atoms with van der Waals surface area (Å²) >= 11 is 0. The number of nitro benzene ring substituents is 1. The summed E-state index contributed by atoms with van der Waals surface area (Å²) < 4.78 is 0. The number of unbranched alkanes of at least 4 members (excludes halogenated alkanes) is 3. The molecule has 0 radical (unpaired) electrons. The standard InChI is InChI=1S/C23H24N2O5/c1-2-3-4-8-14-24-20(17-12-9-13-18(15-17)25(29)30)19(22(27)23(24)28)21(26)16-10-6-5-7-11-16/h5-7,9-13,15,20,26H,2-4,8,14H2,1H3/b21-19-. The number of carbonyl (C=O) groups is 2. The first-order valence-corrected chi connectivity index (χ1v) is 10.0. The summed E-state index contributed by atoms with van der Waals surface area (Å²) in [6.07, 6.45) is 3.65. The van der Waals surface area contributed by atoms with Crippen LogP contribution in [0.1, 0.15) is 49.8 Å². The van der Waals surface area contributed by atoms with Gasteiger partial charge in [-0.25, -0.2) is 0 Å². The molecule has 0 bridgehead atoms. The number of aliphatic hydroxyl groups excluding tert-OH is 1. The second-order valence-electron chi connectivity index (χ2n) is 7.27. The van der Waals surface area contributed by atoms with Crippen LogP contribution in [0, 0.1) is 10.1 Å². The highest BCUT2D eigenvalue weighted by atomic mass is 16.6. The zero-order valence-electron chi connectivity index (χ0n) is 16.8. The van der Waals surface area contributed by atoms with Crippen molar-refractivity contribution in [3.05, 3.63) is 81.4 Å². The molecule has 2 aromatic rings. The Bertz CT molecular complexity index is 984. The summed E-state index contributed by atoms with van der Waals surface area (Å²) in [7, 11) is 0. The van der Waals surface area contributed by atoms with Crippen LogP contribution >= 0.6 is 0 Å². The number of likely N-dealkylation sites (tertiary alicyclic amines) is 1. The molecule has 1 heterocycles. The molecule has 7 nitrogen and oxygen atoms in total. The van der Waals surface area contributed by atoms with Gasteiger partial charge in [-0.05, 0) is 12.0 Å². The van der Waals surface area contributed by atoms with E-state index in [-0.39, 0.29) is 17.0 Å². The lowest BCUT2D eigenvalue weighted by Gasteiger charge is -2.25. The maximum absolute atomic E-state index is 12.9. The summed E-state index contributed by atoms with van der Waals surface area (Å²) in [4.78, 5) is 37.9. The SMILES string of the molecule is CCCCCCN1C(=O)C(=O)/C(=C(\O)c2ccccc2)C1c1cccc([N+](=O)[O-])c1. The van der Waals surface area contributed by atoms with Crippen LogP contribution < -0.4 is 0 Å². The molecule has 0 spiro atoms. The van der Waals surface area contributed by atoms with E-state index in [0.29, 0.717) is 24.1 Å². The lowest BCUT2D eigenvalue weighted by Crippen LogP contribution is -2.30. The molecule has 1 amide bonds. The maximum Gasteiger partial charge on any atom is 0.295 e. The Morgan fingerprint density at radius 3 is 2.47 bits per heavy atom. The van der Waals surface area contributed by atoms with Gasteiger partial charge in [0, 0.05) is 24.2 Å². The van der Waals surface area contributed by atoms with E-state index in [1.807, 2.05) is 0 Å². The van der Waals surface area contributed by atoms with Crippen molar-refractivity contribution < 1.29 is 19.6 Å². The highest BCUT2D eigenvalue weighted by molar-refractivity contribution is 6.46. The molecule has 7 heteroatoms. The third-order valence-electron chi connectivity index (χ3n) is 5.24. The lowest BCUT2D eigenvalue weighted by molar-refractivity contribution is -0.384. The number of nitro groups is 1. The minimum absolute atomic E-state index is 0.0396. The highest BCUT2D eigenvalue weighted by Crippen LogP contribution is 2.40. The van der Waals surface area contributed by atoms with Gasteiger partial charge in [-0.1, -0.05) is 68.7 Å². The number of ketones is 1. The quantitative estimate of drug-likeness (QED) is 0.172. The van der Waals surface area contributed by atoms with Gasteiger partial charge >= 0.3 is 0 Å². The van der Waals surface area contributed by atoms with Crippen LogP contribution in [0.15, 0.2) is 60.2 Å². The molecule has 2 aromatic carbocycles. The van der Waals surface area contributed by atoms with Gasteiger partial charge in [0.05, 0.1) is 16.5 Å². The molecule has 0 saturated carbocycles. The third kappa shape index (κ3) is 4.25. The molecule has 0 aliphatic carbocycles. The predicted molar refractivity (Wildman–Crippen MR) is 113 cm³/mol. The molecular formula is C23H24N2O5. The summed E-state index contributed by atoms with van der Waals surface area (Å²) in [6.45, 7) is 2.42. The van der Waals surface area contributed by atoms with Gasteiger partial charge in [0.2, 0.25) is 0 Å². The first-order chi connectivity index (χ1) is 14.5. The van der Waals surface area contributed by atoms with Gasteiger partial charge in [0.25, 0.3) is 17.4 Å². The average Bonchev–Trinajstić information content (AvgIpc) is 3.01. The van der Waals surface area contributed by atoms with Gasteiger partial charge < -0.3 is 10.0 Å². The number of hydrogen-bond acceptors (Lipinski definition) is 5. The third-order valence-corrected chi connectivity index (χ3v) is 5.24. The van der Waals surface area contributed by atoms with E-state index >= 15 is 0 Å². The Labute approximate surface area is 174 Å². The van der Waals surface area contributed by atoms with E-state index in [9.17, 15) is 24.8 Å². The molecule has 0 aromatic heterocycles. The largest absolute Gasteiger partial charge is 0.507 e. The Morgan fingerprint density at radius 1 is 1.07 bits per heavy atom. The van der Waals surface area contributed by atoms with Gasteiger partial charge in [-0.2, -0.15) is 0 Å². The van der Waals surface area contributed by atoms with Gasteiger partial charge in [-0.15, -0.1) is 0 Å². The summed E-state index contributed by atoms with van der Waals surface area (Å²) in [5, 5.41) is 22.1. The van der Waals surface area contributed by atoms with Crippen LogP contribution in [0.2, 0.25) is 0 Å². The van der Waals surface area contributed by atoms with Gasteiger partial charge in [0.15, 0.2) is 0 Å². The van der Waals surface area contributed by atoms with Crippen LogP contribution in [0.4, 0.5) is 5.69 Å². The number of Topliss-reactive ketones (excluding diaryl/α,β-unsaturated/α-hetero) is 1. The zero-order chi connectivity index (χ0) is 21.7. The lowest BCUT2D eigenvalue weighted by atomic mass is 9.95. The summed E-state index contributed by atoms with van der Waals surface area (Å²) in [6, 6.07) is 13.5. The topological polar surface area (TPSA) is 101 Å². The number of nitrogens with zero attached hydrogens (tertiary/aromatic N) is 2. The Hall–Kier alpha value is -3.48. The van der Waals surface area contributed by atoms with E-state index in [2.05, 4.69) is 6.92 Å². The van der Waals surface area contributed by atoms with E-state index < -0.39 is 22.7 Å². The Morgan fingerprint density at radius 2 is 1.80 bits per heavy atom. The molecule has 1 N–H and O–H groups in total. The van der Waals surface area contributed by atoms with E-state index in [1.54, 1.807) is 36.4 Å². The molecule has 1 aliphatic rings. The van der Waals surface area contributed by atoms with Crippen LogP contribution in [0.3, 0.4) is 0 Å². The second kappa shape index (κ2) is 9.35. The Kier molecular flexibility index (Phi) is 6.61. The molecule has 1 unspecified atom stereocenters. The highest BCUT2D eigenvalue weighted by Gasteiger charge is 2.46. The second-order valence-corrected chi connectivity index (χ2v) is 7.27. The van der Waals surface area contributed by atoms with Crippen LogP contribution in [0.5, 0.6) is 0 Å². The van der Waals surface area contributed by atoms with Crippen molar-refractivity contribution in [2.24, 2.45) is 0 Å². The number of amides is 1. The van der Waals surface area contributed by atoms with Gasteiger partial charge in [0.1, 0.15) is 5.76 Å². The van der Waals surface area contributed by atoms with E-state index in [0.717, 1.165) is 19.3 Å². The molecule has 1 fully saturated rings. The number of aliphatic hydroxyl groups is 1. The number of rotatable bonds is 8. The van der Waals surface area contributed by atoms with Crippen LogP contribution in [-0.4, -0.2) is 33.2 Å². The molecular weight excluding hydrogens is 384 g/mol. The molecule has 1 atom stereocenters. The van der Waals surface area contributed by atoms with Crippen molar-refractivity contribution in [3.63, 3.8) is 0 Å². The number of hydrogen-bond donors (Lipinski definition) is 1. The van der Waals surface area contributed by atoms with E-state index in [4.69, 9.17) is 0 Å². The van der Waals surface area contributed by atoms with Crippen molar-refractivity contribution in [1.82, 2.24) is 4.90 Å². The minimum Gasteiger partial charge on any atom is -0.507 e. The van der Waals surface area contributed by atoms with Crippen molar-refractivity contribution in [2.45, 2.75) is 38.6 Å². The molecule has 30 heavy (non-hydrogen) atoms. The molecule has 1 aliphatic heterocycles. The van der Waals surface area contributed by atoms with Crippen LogP contribution in [-0.2, 0) is 9.59 Å².